The van der Waals surface area contributed by atoms with E-state index < -0.39 is 0 Å². The van der Waals surface area contributed by atoms with Crippen LogP contribution in [-0.2, 0) is 16.1 Å². The third-order valence-electron chi connectivity index (χ3n) is 5.51. The van der Waals surface area contributed by atoms with E-state index in [0.717, 1.165) is 41.3 Å². The molecule has 2 atom stereocenters. The van der Waals surface area contributed by atoms with E-state index in [2.05, 4.69) is 33.7 Å². The smallest absolute Gasteiger partial charge is 0.238 e. The normalized spacial score (nSPS) is 20.6. The van der Waals surface area contributed by atoms with E-state index in [0.29, 0.717) is 11.7 Å². The number of rotatable bonds is 6. The first-order valence-corrected chi connectivity index (χ1v) is 12.4. The number of ether oxygens (including phenoxy) is 1. The summed E-state index contributed by atoms with van der Waals surface area (Å²) in [5.41, 5.74) is 2.11. The van der Waals surface area contributed by atoms with Crippen molar-refractivity contribution in [3.63, 3.8) is 0 Å². The minimum absolute atomic E-state index is 0.00270. The number of carbonyl (C=O) groups is 1. The van der Waals surface area contributed by atoms with Crippen molar-refractivity contribution in [1.82, 2.24) is 20.2 Å². The summed E-state index contributed by atoms with van der Waals surface area (Å²) in [7, 11) is 0. The van der Waals surface area contributed by atoms with Crippen molar-refractivity contribution in [2.24, 2.45) is 0 Å². The molecule has 5 rings (SSSR count). The zero-order valence-electron chi connectivity index (χ0n) is 17.0. The molecule has 3 aromatic rings. The zero-order valence-corrected chi connectivity index (χ0v) is 18.6. The average Bonchev–Trinajstić information content (AvgIpc) is 3.50. The van der Waals surface area contributed by atoms with Gasteiger partial charge in [0.1, 0.15) is 0 Å². The summed E-state index contributed by atoms with van der Waals surface area (Å²) in [6, 6.07) is 18.4. The lowest BCUT2D eigenvalue weighted by Gasteiger charge is -2.37. The second kappa shape index (κ2) is 9.42. The highest BCUT2D eigenvalue weighted by atomic mass is 32.2. The van der Waals surface area contributed by atoms with Crippen LogP contribution in [0.1, 0.15) is 24.4 Å². The van der Waals surface area contributed by atoms with Gasteiger partial charge in [0.05, 0.1) is 30.1 Å². The predicted molar refractivity (Wildman–Crippen MR) is 121 cm³/mol. The summed E-state index contributed by atoms with van der Waals surface area (Å²) in [6.45, 7) is 1.42. The summed E-state index contributed by atoms with van der Waals surface area (Å²) in [4.78, 5) is 16.6. The number of hydrogen-bond acceptors (Lipinski definition) is 7. The van der Waals surface area contributed by atoms with Crippen LogP contribution in [0.25, 0.3) is 0 Å². The van der Waals surface area contributed by atoms with Crippen LogP contribution in [0.2, 0.25) is 0 Å². The molecule has 0 N–H and O–H groups in total. The molecule has 31 heavy (non-hydrogen) atoms. The summed E-state index contributed by atoms with van der Waals surface area (Å²) in [6.07, 6.45) is 2.23. The van der Waals surface area contributed by atoms with E-state index >= 15 is 0 Å². The second-order valence-corrected chi connectivity index (χ2v) is 9.54. The van der Waals surface area contributed by atoms with Gasteiger partial charge in [-0.1, -0.05) is 54.2 Å². The number of fused-ring (bicyclic) bond motifs is 1. The maximum absolute atomic E-state index is 13.5. The number of hydrogen-bond donors (Lipinski definition) is 0. The van der Waals surface area contributed by atoms with Crippen molar-refractivity contribution in [2.75, 3.05) is 23.0 Å². The van der Waals surface area contributed by atoms with Crippen LogP contribution in [0, 0.1) is 0 Å². The van der Waals surface area contributed by atoms with E-state index in [4.69, 9.17) is 4.74 Å². The summed E-state index contributed by atoms with van der Waals surface area (Å²) < 4.78 is 7.45. The largest absolute Gasteiger partial charge is 0.376 e. The van der Waals surface area contributed by atoms with Crippen molar-refractivity contribution in [3.05, 3.63) is 60.2 Å². The van der Waals surface area contributed by atoms with Crippen LogP contribution >= 0.6 is 23.5 Å². The zero-order chi connectivity index (χ0) is 21.0. The van der Waals surface area contributed by atoms with Gasteiger partial charge < -0.3 is 9.64 Å². The maximum atomic E-state index is 13.5. The number of anilines is 1. The molecule has 0 aliphatic carbocycles. The van der Waals surface area contributed by atoms with Gasteiger partial charge in [-0.25, -0.2) is 4.68 Å². The fourth-order valence-corrected chi connectivity index (χ4v) is 5.92. The molecule has 0 radical (unpaired) electrons. The summed E-state index contributed by atoms with van der Waals surface area (Å²) >= 11 is 3.18. The Morgan fingerprint density at radius 3 is 2.84 bits per heavy atom. The Morgan fingerprint density at radius 2 is 2.00 bits per heavy atom. The summed E-state index contributed by atoms with van der Waals surface area (Å²) in [5, 5.41) is 12.7. The van der Waals surface area contributed by atoms with Crippen molar-refractivity contribution >= 4 is 35.1 Å². The van der Waals surface area contributed by atoms with E-state index in [1.807, 2.05) is 41.3 Å². The molecule has 1 saturated heterocycles. The molecule has 160 valence electrons. The van der Waals surface area contributed by atoms with E-state index in [-0.39, 0.29) is 23.8 Å². The van der Waals surface area contributed by atoms with Gasteiger partial charge in [-0.05, 0) is 41.0 Å². The van der Waals surface area contributed by atoms with E-state index in [1.165, 1.54) is 11.8 Å². The fraction of sp³-hybridized carbons (Fsp3) is 0.364. The average molecular weight is 454 g/mol. The van der Waals surface area contributed by atoms with Gasteiger partial charge in [0.15, 0.2) is 0 Å². The Bertz CT molecular complexity index is 1040. The molecule has 2 unspecified atom stereocenters. The molecule has 7 nitrogen and oxygen atoms in total. The number of thioether (sulfide) groups is 2. The lowest BCUT2D eigenvalue weighted by Crippen LogP contribution is -2.39. The van der Waals surface area contributed by atoms with Crippen LogP contribution in [0.4, 0.5) is 5.69 Å². The topological polar surface area (TPSA) is 73.1 Å². The molecule has 0 saturated carbocycles. The van der Waals surface area contributed by atoms with Crippen molar-refractivity contribution in [3.8, 4) is 0 Å². The van der Waals surface area contributed by atoms with Crippen LogP contribution in [0.5, 0.6) is 0 Å². The number of carbonyl (C=O) groups excluding carboxylic acids is 1. The molecule has 2 aromatic carbocycles. The Labute approximate surface area is 189 Å². The molecular formula is C22H23N5O2S2. The molecule has 1 amide bonds. The number of nitrogens with zero attached hydrogens (tertiary/aromatic N) is 5. The number of benzene rings is 2. The van der Waals surface area contributed by atoms with Gasteiger partial charge in [0.25, 0.3) is 0 Å². The number of tetrazole rings is 1. The van der Waals surface area contributed by atoms with Gasteiger partial charge in [-0.15, -0.1) is 16.9 Å². The van der Waals surface area contributed by atoms with E-state index in [1.54, 1.807) is 16.4 Å². The lowest BCUT2D eigenvalue weighted by atomic mass is 10.1. The predicted octanol–water partition coefficient (Wildman–Crippen LogP) is 3.82. The van der Waals surface area contributed by atoms with Crippen molar-refractivity contribution in [1.29, 1.82) is 0 Å². The maximum Gasteiger partial charge on any atom is 0.238 e. The highest BCUT2D eigenvalue weighted by Crippen LogP contribution is 2.43. The molecule has 1 aromatic heterocycles. The van der Waals surface area contributed by atoms with Crippen LogP contribution in [0.3, 0.4) is 0 Å². The Kier molecular flexibility index (Phi) is 6.24. The van der Waals surface area contributed by atoms with Crippen molar-refractivity contribution < 1.29 is 9.53 Å². The minimum Gasteiger partial charge on any atom is -0.376 e. The highest BCUT2D eigenvalue weighted by molar-refractivity contribution is 8.00. The first kappa shape index (κ1) is 20.5. The first-order valence-electron chi connectivity index (χ1n) is 10.4. The fourth-order valence-electron chi connectivity index (χ4n) is 4.01. The first-order chi connectivity index (χ1) is 15.3. The van der Waals surface area contributed by atoms with E-state index in [9.17, 15) is 4.79 Å². The minimum atomic E-state index is -0.00270. The Balaban J connectivity index is 1.35. The standard InChI is InChI=1S/C22H23N5O2S2/c28-21(15-31-22-23-24-25-26(22)13-17-9-6-12-29-17)27-18-10-4-5-11-20(18)30-14-19(27)16-7-2-1-3-8-16/h1-5,7-8,10-11,17,19H,6,9,12-15H2. The third-order valence-corrected chi connectivity index (χ3v) is 7.59. The van der Waals surface area contributed by atoms with Gasteiger partial charge in [-0.3, -0.25) is 4.79 Å². The third kappa shape index (κ3) is 4.49. The molecule has 0 bridgehead atoms. The molecule has 1 fully saturated rings. The monoisotopic (exact) mass is 453 g/mol. The Hall–Kier alpha value is -2.36. The summed E-state index contributed by atoms with van der Waals surface area (Å²) in [5.74, 6) is 1.15. The van der Waals surface area contributed by atoms with Gasteiger partial charge in [0, 0.05) is 17.3 Å². The molecular weight excluding hydrogens is 430 g/mol. The lowest BCUT2D eigenvalue weighted by molar-refractivity contribution is -0.116. The SMILES string of the molecule is O=C(CSc1nnnn1CC1CCCO1)N1c2ccccc2SCC1c1ccccc1. The second-order valence-electron chi connectivity index (χ2n) is 7.54. The van der Waals surface area contributed by atoms with Crippen molar-refractivity contribution in [2.45, 2.75) is 41.6 Å². The molecule has 0 spiro atoms. The van der Waals surface area contributed by atoms with Crippen LogP contribution in [-0.4, -0.2) is 50.3 Å². The molecule has 9 heteroatoms. The van der Waals surface area contributed by atoms with Gasteiger partial charge >= 0.3 is 0 Å². The van der Waals surface area contributed by atoms with Crippen LogP contribution < -0.4 is 4.90 Å². The Morgan fingerprint density at radius 1 is 1.16 bits per heavy atom. The van der Waals surface area contributed by atoms with Gasteiger partial charge in [0.2, 0.25) is 11.1 Å². The molecule has 2 aliphatic heterocycles. The van der Waals surface area contributed by atoms with Gasteiger partial charge in [-0.2, -0.15) is 0 Å². The highest BCUT2D eigenvalue weighted by Gasteiger charge is 2.32. The van der Waals surface area contributed by atoms with Crippen LogP contribution in [0.15, 0.2) is 64.6 Å². The molecule has 2 aliphatic rings. The molecule has 3 heterocycles. The number of aromatic nitrogens is 4. The number of para-hydroxylation sites is 1. The quantitative estimate of drug-likeness (QED) is 0.525. The number of amides is 1.